The molecule has 0 amide bonds. The first kappa shape index (κ1) is 21.6. The van der Waals surface area contributed by atoms with E-state index in [4.69, 9.17) is 4.99 Å². The minimum atomic E-state index is 0.134. The van der Waals surface area contributed by atoms with Crippen molar-refractivity contribution in [2.75, 3.05) is 24.5 Å². The number of piperazine rings is 1. The molecule has 0 spiro atoms. The molecule has 1 unspecified atom stereocenters. The first-order valence-electron chi connectivity index (χ1n) is 11.4. The van der Waals surface area contributed by atoms with Crippen molar-refractivity contribution in [2.45, 2.75) is 19.9 Å². The van der Waals surface area contributed by atoms with Gasteiger partial charge in [-0.3, -0.25) is 10.3 Å². The Morgan fingerprint density at radius 2 is 2.00 bits per heavy atom. The van der Waals surface area contributed by atoms with E-state index in [0.29, 0.717) is 18.4 Å². The molecule has 1 aromatic carbocycles. The van der Waals surface area contributed by atoms with Gasteiger partial charge in [-0.05, 0) is 36.2 Å². The summed E-state index contributed by atoms with van der Waals surface area (Å²) in [6, 6.07) is 12.0. The van der Waals surface area contributed by atoms with Crippen molar-refractivity contribution in [1.29, 1.82) is 5.26 Å². The fraction of sp³-hybridized carbons (Fsp3) is 0.320. The zero-order chi connectivity index (χ0) is 23.7. The highest BCUT2D eigenvalue weighted by Crippen LogP contribution is 2.29. The van der Waals surface area contributed by atoms with Crippen molar-refractivity contribution in [3.8, 4) is 6.19 Å². The first-order valence-corrected chi connectivity index (χ1v) is 11.4. The molecule has 1 aliphatic rings. The predicted octanol–water partition coefficient (Wildman–Crippen LogP) is 3.42. The van der Waals surface area contributed by atoms with Gasteiger partial charge in [0, 0.05) is 44.5 Å². The molecule has 1 fully saturated rings. The smallest absolute Gasteiger partial charge is 0.213 e. The number of pyridine rings is 1. The molecule has 34 heavy (non-hydrogen) atoms. The number of fused-ring (bicyclic) bond motifs is 2. The maximum atomic E-state index is 9.52. The van der Waals surface area contributed by atoms with Crippen molar-refractivity contribution in [1.82, 2.24) is 29.7 Å². The Morgan fingerprint density at radius 3 is 2.82 bits per heavy atom. The van der Waals surface area contributed by atoms with E-state index < -0.39 is 0 Å². The fourth-order valence-electron chi connectivity index (χ4n) is 4.67. The molecule has 1 aliphatic heterocycles. The van der Waals surface area contributed by atoms with Gasteiger partial charge in [-0.15, -0.1) is 0 Å². The Morgan fingerprint density at radius 1 is 1.12 bits per heavy atom. The number of aliphatic imine (C=N–C) groups is 1. The summed E-state index contributed by atoms with van der Waals surface area (Å²) in [5.74, 6) is 1.84. The molecule has 9 nitrogen and oxygen atoms in total. The number of rotatable bonds is 3. The standard InChI is InChI=1S/C25H27N9/c1-17(2)22-14-33(24-19-9-11-32(3)23(19)29-16-30-24)12-13-34(22)25(28-15-26)31-21-8-4-7-20-18(21)6-5-10-27-20/h4-11,16-17,22H,12-14H2,1-3H3,(H,28,31). The van der Waals surface area contributed by atoms with E-state index >= 15 is 0 Å². The van der Waals surface area contributed by atoms with Gasteiger partial charge in [0.2, 0.25) is 5.96 Å². The molecule has 5 rings (SSSR count). The van der Waals surface area contributed by atoms with Crippen LogP contribution in [0.2, 0.25) is 0 Å². The third-order valence-electron chi connectivity index (χ3n) is 6.42. The van der Waals surface area contributed by atoms with Gasteiger partial charge in [0.05, 0.1) is 22.6 Å². The van der Waals surface area contributed by atoms with Gasteiger partial charge in [-0.1, -0.05) is 19.9 Å². The molecule has 172 valence electrons. The van der Waals surface area contributed by atoms with Crippen LogP contribution in [-0.2, 0) is 7.05 Å². The number of aryl methyl sites for hydroxylation is 1. The van der Waals surface area contributed by atoms with Crippen LogP contribution in [0.1, 0.15) is 13.8 Å². The molecule has 4 aromatic rings. The monoisotopic (exact) mass is 453 g/mol. The SMILES string of the molecule is CC(C)C1CN(c2ncnc3c2ccn3C)CCN1C(=Nc1cccc2ncccc12)NC#N. The summed E-state index contributed by atoms with van der Waals surface area (Å²) < 4.78 is 2.01. The second-order valence-electron chi connectivity index (χ2n) is 8.83. The van der Waals surface area contributed by atoms with E-state index in [-0.39, 0.29) is 6.04 Å². The summed E-state index contributed by atoms with van der Waals surface area (Å²) in [6.07, 6.45) is 7.51. The van der Waals surface area contributed by atoms with E-state index in [1.807, 2.05) is 48.1 Å². The lowest BCUT2D eigenvalue weighted by molar-refractivity contribution is 0.220. The van der Waals surface area contributed by atoms with Crippen molar-refractivity contribution < 1.29 is 0 Å². The molecule has 4 heterocycles. The number of hydrogen-bond donors (Lipinski definition) is 1. The van der Waals surface area contributed by atoms with Crippen LogP contribution in [0.25, 0.3) is 21.9 Å². The lowest BCUT2D eigenvalue weighted by Gasteiger charge is -2.44. The summed E-state index contributed by atoms with van der Waals surface area (Å²) in [6.45, 7) is 6.63. The number of anilines is 1. The van der Waals surface area contributed by atoms with Crippen molar-refractivity contribution >= 4 is 39.4 Å². The molecule has 1 N–H and O–H groups in total. The zero-order valence-corrected chi connectivity index (χ0v) is 19.5. The van der Waals surface area contributed by atoms with Crippen LogP contribution >= 0.6 is 0 Å². The van der Waals surface area contributed by atoms with Crippen LogP contribution in [-0.4, -0.2) is 56.1 Å². The second-order valence-corrected chi connectivity index (χ2v) is 8.83. The van der Waals surface area contributed by atoms with E-state index in [2.05, 4.69) is 56.2 Å². The average molecular weight is 454 g/mol. The van der Waals surface area contributed by atoms with Crippen LogP contribution < -0.4 is 10.2 Å². The van der Waals surface area contributed by atoms with E-state index in [1.54, 1.807) is 12.5 Å². The molecule has 3 aromatic heterocycles. The van der Waals surface area contributed by atoms with Crippen molar-refractivity contribution in [3.05, 3.63) is 55.1 Å². The average Bonchev–Trinajstić information content (AvgIpc) is 3.24. The third-order valence-corrected chi connectivity index (χ3v) is 6.42. The van der Waals surface area contributed by atoms with E-state index in [1.165, 1.54) is 0 Å². The normalized spacial score (nSPS) is 16.9. The predicted molar refractivity (Wildman–Crippen MR) is 134 cm³/mol. The number of aromatic nitrogens is 4. The topological polar surface area (TPSA) is 98.3 Å². The van der Waals surface area contributed by atoms with Gasteiger partial charge in [-0.25, -0.2) is 15.0 Å². The molecular formula is C25H27N9. The second kappa shape index (κ2) is 8.98. The van der Waals surface area contributed by atoms with Crippen LogP contribution in [0.15, 0.2) is 60.1 Å². The molecule has 1 atom stereocenters. The number of guanidine groups is 1. The zero-order valence-electron chi connectivity index (χ0n) is 19.5. The van der Waals surface area contributed by atoms with Gasteiger partial charge in [0.15, 0.2) is 6.19 Å². The Kier molecular flexibility index (Phi) is 5.72. The Hall–Kier alpha value is -4.19. The Bertz CT molecular complexity index is 1390. The molecule has 0 radical (unpaired) electrons. The number of nitrogens with one attached hydrogen (secondary N) is 1. The minimum absolute atomic E-state index is 0.134. The summed E-state index contributed by atoms with van der Waals surface area (Å²) in [5.41, 5.74) is 2.59. The van der Waals surface area contributed by atoms with E-state index in [9.17, 15) is 5.26 Å². The summed E-state index contributed by atoms with van der Waals surface area (Å²) in [7, 11) is 1.99. The number of nitriles is 1. The maximum absolute atomic E-state index is 9.52. The largest absolute Gasteiger partial charge is 0.352 e. The van der Waals surface area contributed by atoms with Crippen molar-refractivity contribution in [3.63, 3.8) is 0 Å². The van der Waals surface area contributed by atoms with E-state index in [0.717, 1.165) is 46.5 Å². The third kappa shape index (κ3) is 3.88. The van der Waals surface area contributed by atoms with Crippen LogP contribution in [0, 0.1) is 17.4 Å². The lowest BCUT2D eigenvalue weighted by Crippen LogP contribution is -2.59. The summed E-state index contributed by atoms with van der Waals surface area (Å²) in [4.78, 5) is 22.9. The number of benzene rings is 1. The molecule has 1 saturated heterocycles. The number of hydrogen-bond acceptors (Lipinski definition) is 6. The van der Waals surface area contributed by atoms with Crippen LogP contribution in [0.3, 0.4) is 0 Å². The van der Waals surface area contributed by atoms with Crippen molar-refractivity contribution in [2.24, 2.45) is 18.0 Å². The van der Waals surface area contributed by atoms with Gasteiger partial charge in [-0.2, -0.15) is 5.26 Å². The van der Waals surface area contributed by atoms with Gasteiger partial charge >= 0.3 is 0 Å². The highest BCUT2D eigenvalue weighted by Gasteiger charge is 2.33. The highest BCUT2D eigenvalue weighted by molar-refractivity contribution is 5.94. The van der Waals surface area contributed by atoms with Gasteiger partial charge in [0.25, 0.3) is 0 Å². The quantitative estimate of drug-likeness (QED) is 0.220. The molecule has 9 heteroatoms. The van der Waals surface area contributed by atoms with Gasteiger partial charge < -0.3 is 14.4 Å². The summed E-state index contributed by atoms with van der Waals surface area (Å²) >= 11 is 0. The Labute approximate surface area is 198 Å². The maximum Gasteiger partial charge on any atom is 0.213 e. The van der Waals surface area contributed by atoms with Gasteiger partial charge in [0.1, 0.15) is 17.8 Å². The lowest BCUT2D eigenvalue weighted by atomic mass is 9.99. The molecule has 0 saturated carbocycles. The van der Waals surface area contributed by atoms with Crippen LogP contribution in [0.4, 0.5) is 11.5 Å². The first-order chi connectivity index (χ1) is 16.6. The summed E-state index contributed by atoms with van der Waals surface area (Å²) in [5, 5.41) is 14.4. The number of nitrogens with zero attached hydrogens (tertiary/aromatic N) is 8. The molecule has 0 aliphatic carbocycles. The minimum Gasteiger partial charge on any atom is -0.352 e. The Balaban J connectivity index is 1.50. The molecular weight excluding hydrogens is 426 g/mol. The molecule has 0 bridgehead atoms. The van der Waals surface area contributed by atoms with Crippen LogP contribution in [0.5, 0.6) is 0 Å². The fourth-order valence-corrected chi connectivity index (χ4v) is 4.67. The highest BCUT2D eigenvalue weighted by atomic mass is 15.4.